The van der Waals surface area contributed by atoms with Crippen molar-refractivity contribution in [3.63, 3.8) is 0 Å². The third-order valence-corrected chi connectivity index (χ3v) is 4.89. The SMILES string of the molecule is Cc1ccc(CC(Br)c2cc(Cl)sc2Cl)cc1. The predicted molar refractivity (Wildman–Crippen MR) is 80.9 cm³/mol. The van der Waals surface area contributed by atoms with Crippen LogP contribution in [0.4, 0.5) is 0 Å². The molecule has 0 saturated heterocycles. The predicted octanol–water partition coefficient (Wildman–Crippen LogP) is 6.04. The molecule has 1 aromatic heterocycles. The number of thiophene rings is 1. The van der Waals surface area contributed by atoms with Crippen LogP contribution in [0.25, 0.3) is 0 Å². The van der Waals surface area contributed by atoms with Crippen LogP contribution < -0.4 is 0 Å². The van der Waals surface area contributed by atoms with Gasteiger partial charge in [-0.25, -0.2) is 0 Å². The van der Waals surface area contributed by atoms with Gasteiger partial charge in [0.15, 0.2) is 0 Å². The largest absolute Gasteiger partial charge is 0.111 e. The van der Waals surface area contributed by atoms with Gasteiger partial charge in [0.05, 0.1) is 8.67 Å². The number of rotatable bonds is 3. The van der Waals surface area contributed by atoms with Crippen LogP contribution in [0.1, 0.15) is 21.5 Å². The maximum absolute atomic E-state index is 6.14. The molecule has 1 unspecified atom stereocenters. The van der Waals surface area contributed by atoms with Gasteiger partial charge in [0, 0.05) is 4.83 Å². The summed E-state index contributed by atoms with van der Waals surface area (Å²) in [5.74, 6) is 0. The van der Waals surface area contributed by atoms with E-state index in [2.05, 4.69) is 47.1 Å². The van der Waals surface area contributed by atoms with Crippen molar-refractivity contribution in [3.05, 3.63) is 55.7 Å². The highest BCUT2D eigenvalue weighted by Gasteiger charge is 2.15. The molecule has 2 rings (SSSR count). The van der Waals surface area contributed by atoms with Crippen LogP contribution >= 0.6 is 50.5 Å². The lowest BCUT2D eigenvalue weighted by Crippen LogP contribution is -1.94. The van der Waals surface area contributed by atoms with Gasteiger partial charge in [-0.1, -0.05) is 69.0 Å². The Labute approximate surface area is 124 Å². The highest BCUT2D eigenvalue weighted by Crippen LogP contribution is 2.39. The first-order valence-electron chi connectivity index (χ1n) is 5.20. The second-order valence-electron chi connectivity index (χ2n) is 3.94. The lowest BCUT2D eigenvalue weighted by Gasteiger charge is -2.09. The van der Waals surface area contributed by atoms with Crippen molar-refractivity contribution in [2.75, 3.05) is 0 Å². The van der Waals surface area contributed by atoms with Gasteiger partial charge in [-0.2, -0.15) is 0 Å². The molecule has 0 aliphatic heterocycles. The molecule has 0 nitrogen and oxygen atoms in total. The molecule has 0 N–H and O–H groups in total. The Kier molecular flexibility index (Phi) is 4.53. The topological polar surface area (TPSA) is 0 Å². The highest BCUT2D eigenvalue weighted by atomic mass is 79.9. The molecule has 0 radical (unpaired) electrons. The van der Waals surface area contributed by atoms with Gasteiger partial charge in [0.2, 0.25) is 0 Å². The first-order valence-corrected chi connectivity index (χ1v) is 7.69. The van der Waals surface area contributed by atoms with Crippen LogP contribution in [0.15, 0.2) is 30.3 Å². The van der Waals surface area contributed by atoms with E-state index in [4.69, 9.17) is 23.2 Å². The normalized spacial score (nSPS) is 12.7. The first-order chi connectivity index (χ1) is 8.06. The second kappa shape index (κ2) is 5.75. The average Bonchev–Trinajstić information content (AvgIpc) is 2.61. The van der Waals surface area contributed by atoms with Crippen molar-refractivity contribution in [1.82, 2.24) is 0 Å². The van der Waals surface area contributed by atoms with Gasteiger partial charge >= 0.3 is 0 Å². The zero-order valence-electron chi connectivity index (χ0n) is 9.21. The third kappa shape index (κ3) is 3.47. The molecule has 0 aliphatic rings. The molecule has 4 heteroatoms. The van der Waals surface area contributed by atoms with Crippen molar-refractivity contribution in [2.24, 2.45) is 0 Å². The van der Waals surface area contributed by atoms with Gasteiger partial charge in [0.1, 0.15) is 0 Å². The number of halogens is 3. The molecular formula is C13H11BrCl2S. The summed E-state index contributed by atoms with van der Waals surface area (Å²) in [6.07, 6.45) is 0.910. The molecule has 0 spiro atoms. The molecule has 1 atom stereocenters. The molecule has 1 heterocycles. The second-order valence-corrected chi connectivity index (χ2v) is 7.33. The van der Waals surface area contributed by atoms with Crippen molar-refractivity contribution in [1.29, 1.82) is 0 Å². The monoisotopic (exact) mass is 348 g/mol. The fourth-order valence-electron chi connectivity index (χ4n) is 1.61. The Morgan fingerprint density at radius 3 is 2.41 bits per heavy atom. The van der Waals surface area contributed by atoms with E-state index in [1.807, 2.05) is 6.07 Å². The van der Waals surface area contributed by atoms with Crippen LogP contribution in [0.2, 0.25) is 8.67 Å². The van der Waals surface area contributed by atoms with E-state index in [0.29, 0.717) is 0 Å². The van der Waals surface area contributed by atoms with Crippen LogP contribution in [0, 0.1) is 6.92 Å². The van der Waals surface area contributed by atoms with Crippen LogP contribution in [0.3, 0.4) is 0 Å². The van der Waals surface area contributed by atoms with E-state index < -0.39 is 0 Å². The molecule has 0 amide bonds. The smallest absolute Gasteiger partial charge is 0.0987 e. The highest BCUT2D eigenvalue weighted by molar-refractivity contribution is 9.09. The molecule has 0 fully saturated rings. The summed E-state index contributed by atoms with van der Waals surface area (Å²) in [5, 5.41) is 0. The van der Waals surface area contributed by atoms with E-state index in [0.717, 1.165) is 20.7 Å². The quantitative estimate of drug-likeness (QED) is 0.592. The molecule has 0 aliphatic carbocycles. The van der Waals surface area contributed by atoms with Gasteiger partial charge in [-0.15, -0.1) is 11.3 Å². The van der Waals surface area contributed by atoms with E-state index in [1.54, 1.807) is 0 Å². The first kappa shape index (κ1) is 13.4. The maximum atomic E-state index is 6.14. The minimum absolute atomic E-state index is 0.210. The van der Waals surface area contributed by atoms with Crippen LogP contribution in [-0.2, 0) is 6.42 Å². The van der Waals surface area contributed by atoms with Gasteiger partial charge in [-0.3, -0.25) is 0 Å². The summed E-state index contributed by atoms with van der Waals surface area (Å²) in [4.78, 5) is 0.210. The number of alkyl halides is 1. The van der Waals surface area contributed by atoms with E-state index in [-0.39, 0.29) is 4.83 Å². The molecule has 90 valence electrons. The lowest BCUT2D eigenvalue weighted by atomic mass is 10.1. The Hall–Kier alpha value is -0.0200. The van der Waals surface area contributed by atoms with Crippen molar-refractivity contribution < 1.29 is 0 Å². The fraction of sp³-hybridized carbons (Fsp3) is 0.231. The Morgan fingerprint density at radius 1 is 1.24 bits per heavy atom. The van der Waals surface area contributed by atoms with Crippen LogP contribution in [0.5, 0.6) is 0 Å². The van der Waals surface area contributed by atoms with E-state index >= 15 is 0 Å². The summed E-state index contributed by atoms with van der Waals surface area (Å²) >= 11 is 17.2. The standard InChI is InChI=1S/C13H11BrCl2S/c1-8-2-4-9(5-3-8)6-11(14)10-7-12(15)17-13(10)16/h2-5,7,11H,6H2,1H3. The van der Waals surface area contributed by atoms with E-state index in [9.17, 15) is 0 Å². The summed E-state index contributed by atoms with van der Waals surface area (Å²) in [5.41, 5.74) is 3.63. The maximum Gasteiger partial charge on any atom is 0.0987 e. The number of hydrogen-bond donors (Lipinski definition) is 0. The molecule has 0 saturated carbocycles. The van der Waals surface area contributed by atoms with Crippen molar-refractivity contribution in [2.45, 2.75) is 18.2 Å². The summed E-state index contributed by atoms with van der Waals surface area (Å²) in [7, 11) is 0. The Morgan fingerprint density at radius 2 is 1.88 bits per heavy atom. The number of benzene rings is 1. The molecule has 17 heavy (non-hydrogen) atoms. The fourth-order valence-corrected chi connectivity index (χ4v) is 4.21. The van der Waals surface area contributed by atoms with Crippen LogP contribution in [-0.4, -0.2) is 0 Å². The summed E-state index contributed by atoms with van der Waals surface area (Å²) < 4.78 is 1.50. The van der Waals surface area contributed by atoms with Gasteiger partial charge in [-0.05, 0) is 30.5 Å². The Bertz CT molecular complexity index is 505. The molecular weight excluding hydrogens is 339 g/mol. The number of aryl methyl sites for hydroxylation is 1. The van der Waals surface area contributed by atoms with Gasteiger partial charge < -0.3 is 0 Å². The van der Waals surface area contributed by atoms with Crippen molar-refractivity contribution >= 4 is 50.5 Å². The summed E-state index contributed by atoms with van der Waals surface area (Å²) in [6, 6.07) is 10.5. The number of hydrogen-bond acceptors (Lipinski definition) is 1. The lowest BCUT2D eigenvalue weighted by molar-refractivity contribution is 0.954. The minimum atomic E-state index is 0.210. The van der Waals surface area contributed by atoms with E-state index in [1.165, 1.54) is 22.5 Å². The minimum Gasteiger partial charge on any atom is -0.111 e. The molecule has 0 bridgehead atoms. The van der Waals surface area contributed by atoms with Crippen molar-refractivity contribution in [3.8, 4) is 0 Å². The molecule has 1 aromatic carbocycles. The average molecular weight is 350 g/mol. The van der Waals surface area contributed by atoms with Gasteiger partial charge in [0.25, 0.3) is 0 Å². The Balaban J connectivity index is 2.14. The summed E-state index contributed by atoms with van der Waals surface area (Å²) in [6.45, 7) is 2.09. The third-order valence-electron chi connectivity index (χ3n) is 2.56. The zero-order chi connectivity index (χ0) is 12.4. The molecule has 2 aromatic rings. The zero-order valence-corrected chi connectivity index (χ0v) is 13.1.